The Bertz CT molecular complexity index is 874. The van der Waals surface area contributed by atoms with E-state index in [4.69, 9.17) is 18.9 Å². The minimum absolute atomic E-state index is 0.0333. The van der Waals surface area contributed by atoms with Gasteiger partial charge in [-0.15, -0.1) is 0 Å². The monoisotopic (exact) mass is 399 g/mol. The molecule has 7 heteroatoms. The SMILES string of the molecule is CCOc1ccc(/C=C/C(=O)Nc2cc(C3OCCCO3)ccc2O)cc1OC. The van der Waals surface area contributed by atoms with Crippen LogP contribution in [0.2, 0.25) is 0 Å². The Morgan fingerprint density at radius 1 is 1.21 bits per heavy atom. The Kier molecular flexibility index (Phi) is 7.10. The average Bonchev–Trinajstić information content (AvgIpc) is 2.75. The number of methoxy groups -OCH3 is 1. The fourth-order valence-electron chi connectivity index (χ4n) is 2.89. The van der Waals surface area contributed by atoms with E-state index in [0.29, 0.717) is 37.0 Å². The predicted molar refractivity (Wildman–Crippen MR) is 109 cm³/mol. The summed E-state index contributed by atoms with van der Waals surface area (Å²) in [7, 11) is 1.56. The molecule has 0 radical (unpaired) electrons. The highest BCUT2D eigenvalue weighted by molar-refractivity contribution is 6.02. The molecule has 0 bridgehead atoms. The summed E-state index contributed by atoms with van der Waals surface area (Å²) in [5, 5.41) is 12.7. The van der Waals surface area contributed by atoms with E-state index in [1.165, 1.54) is 12.1 Å². The summed E-state index contributed by atoms with van der Waals surface area (Å²) in [5.74, 6) is 0.822. The largest absolute Gasteiger partial charge is 0.506 e. The number of phenols is 1. The normalized spacial score (nSPS) is 14.7. The third-order valence-electron chi connectivity index (χ3n) is 4.29. The van der Waals surface area contributed by atoms with Crippen LogP contribution in [0.4, 0.5) is 5.69 Å². The van der Waals surface area contributed by atoms with Crippen LogP contribution in [0.15, 0.2) is 42.5 Å². The van der Waals surface area contributed by atoms with E-state index in [-0.39, 0.29) is 11.7 Å². The van der Waals surface area contributed by atoms with Gasteiger partial charge in [0.25, 0.3) is 0 Å². The van der Waals surface area contributed by atoms with Gasteiger partial charge in [-0.05, 0) is 49.2 Å². The van der Waals surface area contributed by atoms with Crippen LogP contribution in [-0.4, -0.2) is 37.9 Å². The van der Waals surface area contributed by atoms with Gasteiger partial charge in [0.1, 0.15) is 5.75 Å². The number of aromatic hydroxyl groups is 1. The highest BCUT2D eigenvalue weighted by Gasteiger charge is 2.18. The van der Waals surface area contributed by atoms with Crippen LogP contribution in [0, 0.1) is 0 Å². The van der Waals surface area contributed by atoms with Crippen LogP contribution in [0.3, 0.4) is 0 Å². The highest BCUT2D eigenvalue weighted by Crippen LogP contribution is 2.31. The van der Waals surface area contributed by atoms with Crippen molar-refractivity contribution in [2.75, 3.05) is 32.2 Å². The maximum atomic E-state index is 12.3. The van der Waals surface area contributed by atoms with Crippen molar-refractivity contribution in [1.29, 1.82) is 0 Å². The highest BCUT2D eigenvalue weighted by atomic mass is 16.7. The fraction of sp³-hybridized carbons (Fsp3) is 0.318. The number of ether oxygens (including phenoxy) is 4. The summed E-state index contributed by atoms with van der Waals surface area (Å²) in [4.78, 5) is 12.3. The number of rotatable bonds is 7. The predicted octanol–water partition coefficient (Wildman–Crippen LogP) is 3.89. The third-order valence-corrected chi connectivity index (χ3v) is 4.29. The molecule has 1 aliphatic rings. The second kappa shape index (κ2) is 9.95. The number of hydrogen-bond donors (Lipinski definition) is 2. The van der Waals surface area contributed by atoms with Crippen molar-refractivity contribution < 1.29 is 28.8 Å². The van der Waals surface area contributed by atoms with E-state index in [2.05, 4.69) is 5.32 Å². The first-order chi connectivity index (χ1) is 14.1. The summed E-state index contributed by atoms with van der Waals surface area (Å²) in [5.41, 5.74) is 1.81. The molecular formula is C22H25NO6. The van der Waals surface area contributed by atoms with Crippen LogP contribution in [-0.2, 0) is 14.3 Å². The molecule has 0 spiro atoms. The van der Waals surface area contributed by atoms with E-state index >= 15 is 0 Å². The topological polar surface area (TPSA) is 86.3 Å². The van der Waals surface area contributed by atoms with Crippen LogP contribution < -0.4 is 14.8 Å². The van der Waals surface area contributed by atoms with Crippen LogP contribution in [0.25, 0.3) is 6.08 Å². The molecule has 1 aliphatic heterocycles. The Labute approximate surface area is 169 Å². The molecule has 1 amide bonds. The van der Waals surface area contributed by atoms with Crippen LogP contribution >= 0.6 is 0 Å². The standard InChI is InChI=1S/C22H25NO6/c1-3-27-19-9-5-15(13-20(19)26-2)6-10-21(25)23-17-14-16(7-8-18(17)24)22-28-11-4-12-29-22/h5-10,13-14,22,24H,3-4,11-12H2,1-2H3,(H,23,25)/b10-6+. The van der Waals surface area contributed by atoms with E-state index in [1.807, 2.05) is 13.0 Å². The summed E-state index contributed by atoms with van der Waals surface area (Å²) in [6, 6.07) is 10.3. The molecule has 1 saturated heterocycles. The number of anilines is 1. The molecule has 0 saturated carbocycles. The molecule has 0 atom stereocenters. The van der Waals surface area contributed by atoms with Gasteiger partial charge in [-0.3, -0.25) is 4.79 Å². The van der Waals surface area contributed by atoms with Gasteiger partial charge in [0.2, 0.25) is 5.91 Å². The smallest absolute Gasteiger partial charge is 0.248 e. The van der Waals surface area contributed by atoms with Gasteiger partial charge in [0.15, 0.2) is 17.8 Å². The van der Waals surface area contributed by atoms with E-state index < -0.39 is 6.29 Å². The zero-order valence-electron chi connectivity index (χ0n) is 16.5. The second-order valence-corrected chi connectivity index (χ2v) is 6.37. The molecule has 1 fully saturated rings. The molecule has 0 aliphatic carbocycles. The molecule has 1 heterocycles. The zero-order valence-corrected chi connectivity index (χ0v) is 16.5. The number of carbonyl (C=O) groups excluding carboxylic acids is 1. The molecule has 29 heavy (non-hydrogen) atoms. The van der Waals surface area contributed by atoms with Gasteiger partial charge < -0.3 is 29.4 Å². The minimum atomic E-state index is -0.494. The van der Waals surface area contributed by atoms with Gasteiger partial charge in [-0.2, -0.15) is 0 Å². The first-order valence-electron chi connectivity index (χ1n) is 9.46. The molecule has 0 aromatic heterocycles. The summed E-state index contributed by atoms with van der Waals surface area (Å²) < 4.78 is 21.9. The van der Waals surface area contributed by atoms with Gasteiger partial charge in [0, 0.05) is 11.6 Å². The van der Waals surface area contributed by atoms with Crippen LogP contribution in [0.5, 0.6) is 17.2 Å². The van der Waals surface area contributed by atoms with E-state index in [0.717, 1.165) is 17.5 Å². The van der Waals surface area contributed by atoms with Crippen molar-refractivity contribution >= 4 is 17.7 Å². The molecule has 2 aromatic carbocycles. The molecule has 3 rings (SSSR count). The lowest BCUT2D eigenvalue weighted by Crippen LogP contribution is -2.18. The molecule has 154 valence electrons. The number of hydrogen-bond acceptors (Lipinski definition) is 6. The lowest BCUT2D eigenvalue weighted by atomic mass is 10.1. The Balaban J connectivity index is 1.68. The molecule has 7 nitrogen and oxygen atoms in total. The van der Waals surface area contributed by atoms with E-state index in [9.17, 15) is 9.90 Å². The Hall–Kier alpha value is -3.03. The van der Waals surface area contributed by atoms with Crippen molar-refractivity contribution in [2.24, 2.45) is 0 Å². The Morgan fingerprint density at radius 2 is 2.00 bits per heavy atom. The number of phenolic OH excluding ortho intramolecular Hbond substituents is 1. The first-order valence-corrected chi connectivity index (χ1v) is 9.46. The van der Waals surface area contributed by atoms with Gasteiger partial charge in [-0.25, -0.2) is 0 Å². The number of nitrogens with one attached hydrogen (secondary N) is 1. The lowest BCUT2D eigenvalue weighted by Gasteiger charge is -2.24. The van der Waals surface area contributed by atoms with Gasteiger partial charge in [0.05, 0.1) is 32.6 Å². The maximum Gasteiger partial charge on any atom is 0.248 e. The maximum absolute atomic E-state index is 12.3. The van der Waals surface area contributed by atoms with E-state index in [1.54, 1.807) is 37.5 Å². The number of benzene rings is 2. The molecular weight excluding hydrogens is 374 g/mol. The zero-order chi connectivity index (χ0) is 20.6. The molecule has 2 N–H and O–H groups in total. The lowest BCUT2D eigenvalue weighted by molar-refractivity contribution is -0.183. The van der Waals surface area contributed by atoms with Gasteiger partial charge in [-0.1, -0.05) is 12.1 Å². The summed E-state index contributed by atoms with van der Waals surface area (Å²) in [6.45, 7) is 3.66. The van der Waals surface area contributed by atoms with Crippen molar-refractivity contribution in [3.8, 4) is 17.2 Å². The quantitative estimate of drug-likeness (QED) is 0.543. The van der Waals surface area contributed by atoms with Gasteiger partial charge >= 0.3 is 0 Å². The Morgan fingerprint density at radius 3 is 2.72 bits per heavy atom. The van der Waals surface area contributed by atoms with Crippen molar-refractivity contribution in [3.63, 3.8) is 0 Å². The van der Waals surface area contributed by atoms with Crippen LogP contribution in [0.1, 0.15) is 30.8 Å². The first kappa shape index (κ1) is 20.7. The van der Waals surface area contributed by atoms with Crippen molar-refractivity contribution in [2.45, 2.75) is 19.6 Å². The third kappa shape index (κ3) is 5.49. The molecule has 2 aromatic rings. The minimum Gasteiger partial charge on any atom is -0.506 e. The van der Waals surface area contributed by atoms with Crippen molar-refractivity contribution in [3.05, 3.63) is 53.6 Å². The summed E-state index contributed by atoms with van der Waals surface area (Å²) in [6.07, 6.45) is 3.39. The fourth-order valence-corrected chi connectivity index (χ4v) is 2.89. The summed E-state index contributed by atoms with van der Waals surface area (Å²) >= 11 is 0. The second-order valence-electron chi connectivity index (χ2n) is 6.37. The number of carbonyl (C=O) groups is 1. The number of amides is 1. The molecule has 0 unspecified atom stereocenters. The van der Waals surface area contributed by atoms with Crippen molar-refractivity contribution in [1.82, 2.24) is 0 Å². The average molecular weight is 399 g/mol.